The molecule has 2 aliphatic carbocycles. The summed E-state index contributed by atoms with van der Waals surface area (Å²) in [5.74, 6) is -0.0150. The molecule has 1 aromatic heterocycles. The number of rotatable bonds is 7. The van der Waals surface area contributed by atoms with Gasteiger partial charge in [-0.1, -0.05) is 45.9 Å². The van der Waals surface area contributed by atoms with Crippen molar-refractivity contribution < 1.29 is 19.4 Å². The molecule has 1 spiro atoms. The maximum Gasteiger partial charge on any atom is 0.307 e. The Balaban J connectivity index is 1.43. The van der Waals surface area contributed by atoms with Crippen LogP contribution in [0, 0.1) is 17.3 Å². The molecule has 0 saturated heterocycles. The molecular formula is C30H35NO4S. The van der Waals surface area contributed by atoms with Crippen LogP contribution in [-0.4, -0.2) is 23.2 Å². The largest absolute Gasteiger partial charge is 0.489 e. The van der Waals surface area contributed by atoms with Gasteiger partial charge in [0.15, 0.2) is 0 Å². The normalized spacial score (nSPS) is 23.8. The fraction of sp³-hybridized carbons (Fsp3) is 0.467. The summed E-state index contributed by atoms with van der Waals surface area (Å²) in [7, 11) is 1.77. The molecule has 1 heterocycles. The van der Waals surface area contributed by atoms with Crippen LogP contribution in [0.25, 0.3) is 10.4 Å². The Morgan fingerprint density at radius 3 is 2.69 bits per heavy atom. The number of aryl methyl sites for hydroxylation is 1. The Labute approximate surface area is 217 Å². The molecule has 4 atom stereocenters. The number of thiazole rings is 1. The van der Waals surface area contributed by atoms with Crippen molar-refractivity contribution in [1.29, 1.82) is 0 Å². The van der Waals surface area contributed by atoms with E-state index in [1.807, 2.05) is 17.8 Å². The molecule has 0 aliphatic heterocycles. The zero-order chi connectivity index (χ0) is 25.7. The molecule has 6 heteroatoms. The lowest BCUT2D eigenvalue weighted by molar-refractivity contribution is -0.139. The molecule has 2 aromatic carbocycles. The summed E-state index contributed by atoms with van der Waals surface area (Å²) in [5, 5.41) is 9.78. The lowest BCUT2D eigenvalue weighted by atomic mass is 9.77. The van der Waals surface area contributed by atoms with E-state index in [2.05, 4.69) is 63.0 Å². The van der Waals surface area contributed by atoms with E-state index in [0.717, 1.165) is 46.6 Å². The van der Waals surface area contributed by atoms with Crippen LogP contribution in [0.3, 0.4) is 0 Å². The number of methoxy groups -OCH3 is 1. The molecular weight excluding hydrogens is 470 g/mol. The van der Waals surface area contributed by atoms with Gasteiger partial charge in [-0.25, -0.2) is 0 Å². The van der Waals surface area contributed by atoms with Gasteiger partial charge >= 0.3 is 5.97 Å². The third-order valence-corrected chi connectivity index (χ3v) is 8.97. The molecule has 1 saturated carbocycles. The van der Waals surface area contributed by atoms with Gasteiger partial charge in [-0.15, -0.1) is 11.3 Å². The van der Waals surface area contributed by atoms with Crippen LogP contribution in [-0.2, 0) is 28.0 Å². The van der Waals surface area contributed by atoms with E-state index in [1.165, 1.54) is 11.1 Å². The third kappa shape index (κ3) is 4.24. The zero-order valence-corrected chi connectivity index (χ0v) is 22.5. The standard InChI is InChI=1S/C30H35NO4S/c1-18-26(28(32)33)30(18)12-6-7-20-9-10-21(14-24(20)30)35-16-19-8-11-22(25-15-31-17-36-25)23(13-19)27(34-5)29(2,3)4/h8-11,13-15,17-18,26-27H,6-7,12,16H2,1-5H3,(H,32,33)/t18-,26-,27+,30-/m0/s1. The number of hydrogen-bond acceptors (Lipinski definition) is 5. The molecule has 0 amide bonds. The maximum absolute atomic E-state index is 11.9. The highest BCUT2D eigenvalue weighted by Gasteiger charge is 2.67. The Morgan fingerprint density at radius 2 is 2.06 bits per heavy atom. The highest BCUT2D eigenvalue weighted by atomic mass is 32.1. The lowest BCUT2D eigenvalue weighted by Gasteiger charge is -2.31. The summed E-state index contributed by atoms with van der Waals surface area (Å²) in [5.41, 5.74) is 7.33. The van der Waals surface area contributed by atoms with Gasteiger partial charge in [-0.05, 0) is 76.6 Å². The van der Waals surface area contributed by atoms with Gasteiger partial charge in [0.1, 0.15) is 12.4 Å². The van der Waals surface area contributed by atoms with Crippen LogP contribution in [0.5, 0.6) is 5.75 Å². The second-order valence-electron chi connectivity index (χ2n) is 11.4. The predicted octanol–water partition coefficient (Wildman–Crippen LogP) is 7.05. The highest BCUT2D eigenvalue weighted by Crippen LogP contribution is 2.65. The molecule has 1 fully saturated rings. The average Bonchev–Trinajstić information content (AvgIpc) is 3.17. The maximum atomic E-state index is 11.9. The van der Waals surface area contributed by atoms with Gasteiger partial charge in [-0.2, -0.15) is 0 Å². The average molecular weight is 506 g/mol. The molecule has 3 aromatic rings. The fourth-order valence-electron chi connectivity index (χ4n) is 6.47. The summed E-state index contributed by atoms with van der Waals surface area (Å²) >= 11 is 1.63. The molecule has 1 N–H and O–H groups in total. The summed E-state index contributed by atoms with van der Waals surface area (Å²) in [6.07, 6.45) is 4.81. The summed E-state index contributed by atoms with van der Waals surface area (Å²) in [4.78, 5) is 17.3. The summed E-state index contributed by atoms with van der Waals surface area (Å²) in [6, 6.07) is 12.7. The monoisotopic (exact) mass is 505 g/mol. The second-order valence-corrected chi connectivity index (χ2v) is 12.3. The van der Waals surface area contributed by atoms with E-state index in [9.17, 15) is 9.90 Å². The number of nitrogens with zero attached hydrogens (tertiary/aromatic N) is 1. The Bertz CT molecular complexity index is 1260. The van der Waals surface area contributed by atoms with E-state index in [-0.39, 0.29) is 28.8 Å². The topological polar surface area (TPSA) is 68.7 Å². The Kier molecular flexibility index (Phi) is 6.46. The van der Waals surface area contributed by atoms with Crippen molar-refractivity contribution in [2.24, 2.45) is 17.3 Å². The number of aromatic nitrogens is 1. The Hall–Kier alpha value is -2.70. The van der Waals surface area contributed by atoms with Gasteiger partial charge in [0.05, 0.1) is 22.4 Å². The number of carboxylic acids is 1. The minimum absolute atomic E-state index is 0.0811. The van der Waals surface area contributed by atoms with Crippen molar-refractivity contribution in [3.05, 3.63) is 70.4 Å². The first-order chi connectivity index (χ1) is 17.2. The number of ether oxygens (including phenoxy) is 2. The quantitative estimate of drug-likeness (QED) is 0.373. The van der Waals surface area contributed by atoms with Crippen molar-refractivity contribution in [2.45, 2.75) is 65.1 Å². The van der Waals surface area contributed by atoms with Crippen molar-refractivity contribution in [1.82, 2.24) is 4.98 Å². The molecule has 5 rings (SSSR count). The molecule has 190 valence electrons. The van der Waals surface area contributed by atoms with E-state index in [4.69, 9.17) is 9.47 Å². The molecule has 2 aliphatic rings. The summed E-state index contributed by atoms with van der Waals surface area (Å²) < 4.78 is 12.3. The number of hydrogen-bond donors (Lipinski definition) is 1. The lowest BCUT2D eigenvalue weighted by Crippen LogP contribution is -2.22. The fourth-order valence-corrected chi connectivity index (χ4v) is 7.14. The molecule has 5 nitrogen and oxygen atoms in total. The van der Waals surface area contributed by atoms with Crippen LogP contribution in [0.15, 0.2) is 48.1 Å². The van der Waals surface area contributed by atoms with Crippen LogP contribution < -0.4 is 4.74 Å². The van der Waals surface area contributed by atoms with Gasteiger partial charge < -0.3 is 14.6 Å². The van der Waals surface area contributed by atoms with Crippen molar-refractivity contribution in [3.63, 3.8) is 0 Å². The SMILES string of the molecule is CO[C@H](c1cc(COc2ccc3c(c2)[C@@]2(CCC3)[C@H](C(=O)O)[C@@H]2C)ccc1-c1cncs1)C(C)(C)C. The smallest absolute Gasteiger partial charge is 0.307 e. The van der Waals surface area contributed by atoms with E-state index >= 15 is 0 Å². The van der Waals surface area contributed by atoms with Gasteiger partial charge in [0.2, 0.25) is 0 Å². The van der Waals surface area contributed by atoms with Gasteiger partial charge in [0.25, 0.3) is 0 Å². The molecule has 0 bridgehead atoms. The molecule has 0 radical (unpaired) electrons. The third-order valence-electron chi connectivity index (χ3n) is 8.17. The predicted molar refractivity (Wildman–Crippen MR) is 142 cm³/mol. The first kappa shape index (κ1) is 25.0. The highest BCUT2D eigenvalue weighted by molar-refractivity contribution is 7.13. The summed E-state index contributed by atoms with van der Waals surface area (Å²) in [6.45, 7) is 9.07. The van der Waals surface area contributed by atoms with Crippen LogP contribution in [0.1, 0.15) is 68.9 Å². The van der Waals surface area contributed by atoms with E-state index in [0.29, 0.717) is 6.61 Å². The minimum Gasteiger partial charge on any atom is -0.489 e. The number of fused-ring (bicyclic) bond motifs is 2. The minimum atomic E-state index is -0.679. The van der Waals surface area contributed by atoms with E-state index < -0.39 is 5.97 Å². The van der Waals surface area contributed by atoms with Gasteiger partial charge in [-0.3, -0.25) is 9.78 Å². The first-order valence-electron chi connectivity index (χ1n) is 12.7. The van der Waals surface area contributed by atoms with Crippen molar-refractivity contribution in [2.75, 3.05) is 7.11 Å². The van der Waals surface area contributed by atoms with Crippen molar-refractivity contribution >= 4 is 17.3 Å². The Morgan fingerprint density at radius 1 is 1.25 bits per heavy atom. The van der Waals surface area contributed by atoms with Crippen LogP contribution >= 0.6 is 11.3 Å². The molecule has 36 heavy (non-hydrogen) atoms. The van der Waals surface area contributed by atoms with Crippen LogP contribution in [0.2, 0.25) is 0 Å². The van der Waals surface area contributed by atoms with Crippen LogP contribution in [0.4, 0.5) is 0 Å². The molecule has 0 unspecified atom stereocenters. The number of aliphatic carboxylic acids is 1. The number of benzene rings is 2. The van der Waals surface area contributed by atoms with Crippen molar-refractivity contribution in [3.8, 4) is 16.2 Å². The number of carbonyl (C=O) groups is 1. The van der Waals surface area contributed by atoms with Gasteiger partial charge in [0, 0.05) is 18.7 Å². The first-order valence-corrected chi connectivity index (χ1v) is 13.6. The second kappa shape index (κ2) is 9.31. The van der Waals surface area contributed by atoms with E-state index in [1.54, 1.807) is 18.4 Å². The zero-order valence-electron chi connectivity index (χ0n) is 21.7. The number of carboxylic acid groups (broad SMARTS) is 1.